The van der Waals surface area contributed by atoms with Crippen molar-refractivity contribution in [3.8, 4) is 5.69 Å². The molecule has 2 aromatic rings. The molecule has 2 heterocycles. The Hall–Kier alpha value is -2.18. The lowest BCUT2D eigenvalue weighted by molar-refractivity contribution is -0.133. The van der Waals surface area contributed by atoms with Crippen LogP contribution in [0.2, 0.25) is 0 Å². The number of nitrogens with zero attached hydrogens (tertiary/aromatic N) is 2. The van der Waals surface area contributed by atoms with E-state index in [0.29, 0.717) is 13.2 Å². The summed E-state index contributed by atoms with van der Waals surface area (Å²) < 4.78 is 13.0. The second-order valence-corrected chi connectivity index (χ2v) is 5.97. The monoisotopic (exact) mass is 329 g/mol. The molecule has 1 amide bonds. The van der Waals surface area contributed by atoms with E-state index < -0.39 is 6.10 Å². The van der Waals surface area contributed by atoms with Crippen LogP contribution >= 0.6 is 0 Å². The van der Waals surface area contributed by atoms with Gasteiger partial charge < -0.3 is 19.4 Å². The molecule has 1 aromatic heterocycles. The minimum Gasteiger partial charge on any atom is -0.376 e. The molecule has 6 nitrogen and oxygen atoms in total. The number of carbonyl (C=O) groups excluding carboxylic acids is 1. The summed E-state index contributed by atoms with van der Waals surface area (Å²) in [5, 5.41) is 2.92. The van der Waals surface area contributed by atoms with Crippen molar-refractivity contribution in [2.75, 3.05) is 13.2 Å². The number of rotatable bonds is 7. The number of hydrogen-bond donors (Lipinski definition) is 1. The Labute approximate surface area is 141 Å². The number of benzene rings is 1. The van der Waals surface area contributed by atoms with Gasteiger partial charge in [-0.2, -0.15) is 0 Å². The Kier molecular flexibility index (Phi) is 5.61. The summed E-state index contributed by atoms with van der Waals surface area (Å²) in [6, 6.07) is 7.98. The molecule has 3 rings (SSSR count). The molecule has 1 fully saturated rings. The third-order valence-corrected chi connectivity index (χ3v) is 4.11. The zero-order valence-corrected chi connectivity index (χ0v) is 13.9. The predicted molar refractivity (Wildman–Crippen MR) is 89.8 cm³/mol. The van der Waals surface area contributed by atoms with Crippen molar-refractivity contribution >= 4 is 5.91 Å². The molecule has 0 spiro atoms. The number of hydrogen-bond acceptors (Lipinski definition) is 4. The van der Waals surface area contributed by atoms with Crippen molar-refractivity contribution in [1.29, 1.82) is 0 Å². The number of carbonyl (C=O) groups is 1. The topological polar surface area (TPSA) is 65.4 Å². The molecule has 0 bridgehead atoms. The second-order valence-electron chi connectivity index (χ2n) is 5.97. The lowest BCUT2D eigenvalue weighted by Crippen LogP contribution is -2.35. The van der Waals surface area contributed by atoms with E-state index in [1.54, 1.807) is 19.4 Å². The van der Waals surface area contributed by atoms with E-state index in [4.69, 9.17) is 9.47 Å². The largest absolute Gasteiger partial charge is 0.376 e. The summed E-state index contributed by atoms with van der Waals surface area (Å²) in [4.78, 5) is 16.2. The molecule has 6 heteroatoms. The van der Waals surface area contributed by atoms with Crippen molar-refractivity contribution in [3.63, 3.8) is 0 Å². The first-order chi connectivity index (χ1) is 11.7. The van der Waals surface area contributed by atoms with Gasteiger partial charge in [-0.1, -0.05) is 12.1 Å². The van der Waals surface area contributed by atoms with E-state index >= 15 is 0 Å². The van der Waals surface area contributed by atoms with Crippen molar-refractivity contribution in [2.24, 2.45) is 0 Å². The smallest absolute Gasteiger partial charge is 0.249 e. The molecule has 128 valence electrons. The van der Waals surface area contributed by atoms with E-state index in [-0.39, 0.29) is 12.0 Å². The molecule has 0 radical (unpaired) electrons. The highest BCUT2D eigenvalue weighted by atomic mass is 16.5. The molecule has 1 N–H and O–H groups in total. The van der Waals surface area contributed by atoms with Crippen LogP contribution in [0.5, 0.6) is 0 Å². The number of nitrogens with one attached hydrogen (secondary N) is 1. The van der Waals surface area contributed by atoms with Gasteiger partial charge in [0.25, 0.3) is 0 Å². The number of imidazole rings is 1. The van der Waals surface area contributed by atoms with Crippen molar-refractivity contribution < 1.29 is 14.3 Å². The van der Waals surface area contributed by atoms with Crippen molar-refractivity contribution in [3.05, 3.63) is 48.5 Å². The van der Waals surface area contributed by atoms with Crippen LogP contribution in [-0.2, 0) is 20.8 Å². The summed E-state index contributed by atoms with van der Waals surface area (Å²) in [5.41, 5.74) is 2.04. The van der Waals surface area contributed by atoms with Crippen LogP contribution in [0.25, 0.3) is 5.69 Å². The van der Waals surface area contributed by atoms with E-state index in [2.05, 4.69) is 10.3 Å². The molecule has 1 aromatic carbocycles. The van der Waals surface area contributed by atoms with Gasteiger partial charge in [0.15, 0.2) is 0 Å². The minimum atomic E-state index is -0.481. The summed E-state index contributed by atoms with van der Waals surface area (Å²) in [6.07, 6.45) is 7.11. The Morgan fingerprint density at radius 3 is 3.21 bits per heavy atom. The SMILES string of the molecule is CC(OCC1CCCO1)C(=O)NCc1cccc(-n2ccnc2)c1. The molecule has 2 atom stereocenters. The molecular weight excluding hydrogens is 306 g/mol. The predicted octanol–water partition coefficient (Wildman–Crippen LogP) is 2.07. The molecule has 2 unspecified atom stereocenters. The van der Waals surface area contributed by atoms with Gasteiger partial charge >= 0.3 is 0 Å². The van der Waals surface area contributed by atoms with Gasteiger partial charge in [-0.05, 0) is 37.5 Å². The Balaban J connectivity index is 1.47. The minimum absolute atomic E-state index is 0.110. The third-order valence-electron chi connectivity index (χ3n) is 4.11. The van der Waals surface area contributed by atoms with Crippen LogP contribution in [0.15, 0.2) is 43.0 Å². The highest BCUT2D eigenvalue weighted by molar-refractivity contribution is 5.80. The quantitative estimate of drug-likeness (QED) is 0.844. The van der Waals surface area contributed by atoms with Gasteiger partial charge in [-0.25, -0.2) is 4.98 Å². The molecule has 1 aliphatic heterocycles. The Bertz CT molecular complexity index is 651. The van der Waals surface area contributed by atoms with Crippen LogP contribution in [0.4, 0.5) is 0 Å². The molecule has 0 saturated carbocycles. The number of ether oxygens (including phenoxy) is 2. The van der Waals surface area contributed by atoms with E-state index in [0.717, 1.165) is 30.7 Å². The zero-order chi connectivity index (χ0) is 16.8. The second kappa shape index (κ2) is 8.08. The maximum absolute atomic E-state index is 12.1. The van der Waals surface area contributed by atoms with Gasteiger partial charge in [-0.3, -0.25) is 4.79 Å². The average molecular weight is 329 g/mol. The van der Waals surface area contributed by atoms with Gasteiger partial charge in [0.1, 0.15) is 6.10 Å². The number of aromatic nitrogens is 2. The molecule has 1 saturated heterocycles. The van der Waals surface area contributed by atoms with E-state index in [9.17, 15) is 4.79 Å². The van der Waals surface area contributed by atoms with Crippen LogP contribution in [-0.4, -0.2) is 40.9 Å². The summed E-state index contributed by atoms with van der Waals surface area (Å²) in [7, 11) is 0. The summed E-state index contributed by atoms with van der Waals surface area (Å²) >= 11 is 0. The fourth-order valence-electron chi connectivity index (χ4n) is 2.67. The maximum atomic E-state index is 12.1. The first-order valence-electron chi connectivity index (χ1n) is 8.30. The van der Waals surface area contributed by atoms with Crippen LogP contribution in [0, 0.1) is 0 Å². The van der Waals surface area contributed by atoms with Gasteiger partial charge in [0.2, 0.25) is 5.91 Å². The Morgan fingerprint density at radius 1 is 1.54 bits per heavy atom. The lowest BCUT2D eigenvalue weighted by atomic mass is 10.2. The maximum Gasteiger partial charge on any atom is 0.249 e. The average Bonchev–Trinajstić information content (AvgIpc) is 3.31. The zero-order valence-electron chi connectivity index (χ0n) is 13.9. The summed E-state index contributed by atoms with van der Waals surface area (Å²) in [6.45, 7) is 3.51. The third kappa shape index (κ3) is 4.43. The van der Waals surface area contributed by atoms with Crippen LogP contribution < -0.4 is 5.32 Å². The fraction of sp³-hybridized carbons (Fsp3) is 0.444. The molecular formula is C18H23N3O3. The van der Waals surface area contributed by atoms with Crippen LogP contribution in [0.3, 0.4) is 0 Å². The molecule has 24 heavy (non-hydrogen) atoms. The van der Waals surface area contributed by atoms with Gasteiger partial charge in [0.05, 0.1) is 19.0 Å². The fourth-order valence-corrected chi connectivity index (χ4v) is 2.67. The van der Waals surface area contributed by atoms with Crippen LogP contribution in [0.1, 0.15) is 25.3 Å². The Morgan fingerprint density at radius 2 is 2.46 bits per heavy atom. The normalized spacial score (nSPS) is 18.5. The first-order valence-corrected chi connectivity index (χ1v) is 8.30. The first kappa shape index (κ1) is 16.7. The molecule has 1 aliphatic rings. The standard InChI is InChI=1S/C18H23N3O3/c1-14(24-12-17-6-3-9-23-17)18(22)20-11-15-4-2-5-16(10-15)21-8-7-19-13-21/h2,4-5,7-8,10,13-14,17H,3,6,9,11-12H2,1H3,(H,20,22). The van der Waals surface area contributed by atoms with E-state index in [1.807, 2.05) is 35.0 Å². The van der Waals surface area contributed by atoms with Crippen molar-refractivity contribution in [2.45, 2.75) is 38.5 Å². The molecule has 0 aliphatic carbocycles. The van der Waals surface area contributed by atoms with Crippen molar-refractivity contribution in [1.82, 2.24) is 14.9 Å². The number of amides is 1. The lowest BCUT2D eigenvalue weighted by Gasteiger charge is -2.16. The van der Waals surface area contributed by atoms with E-state index in [1.165, 1.54) is 0 Å². The van der Waals surface area contributed by atoms with Gasteiger partial charge in [-0.15, -0.1) is 0 Å². The highest BCUT2D eigenvalue weighted by Gasteiger charge is 2.19. The van der Waals surface area contributed by atoms with Gasteiger partial charge in [0, 0.05) is 31.2 Å². The highest BCUT2D eigenvalue weighted by Crippen LogP contribution is 2.13. The summed E-state index contributed by atoms with van der Waals surface area (Å²) in [5.74, 6) is -0.110.